The van der Waals surface area contributed by atoms with E-state index in [1.165, 1.54) is 6.42 Å². The van der Waals surface area contributed by atoms with E-state index < -0.39 is 0 Å². The maximum atomic E-state index is 10.3. The Morgan fingerprint density at radius 3 is 2.86 bits per heavy atom. The molecule has 1 aliphatic carbocycles. The Hall–Kier alpha value is -1.07. The van der Waals surface area contributed by atoms with Crippen LogP contribution in [0.1, 0.15) is 38.5 Å². The van der Waals surface area contributed by atoms with Crippen LogP contribution in [0.3, 0.4) is 0 Å². The Labute approximate surface area is 130 Å². The summed E-state index contributed by atoms with van der Waals surface area (Å²) in [7, 11) is 1.55. The number of hydrogen-bond donors (Lipinski definition) is 1. The number of rotatable bonds is 3. The lowest BCUT2D eigenvalue weighted by atomic mass is 9.80. The fraction of sp³-hybridized carbons (Fsp3) is 0.733. The van der Waals surface area contributed by atoms with Crippen molar-refractivity contribution in [3.8, 4) is 6.01 Å². The summed E-state index contributed by atoms with van der Waals surface area (Å²) in [4.78, 5) is 10.7. The molecule has 5 nitrogen and oxygen atoms in total. The van der Waals surface area contributed by atoms with Gasteiger partial charge in [0.05, 0.1) is 19.4 Å². The number of aromatic nitrogens is 2. The molecular weight excluding hydrogens is 290 g/mol. The molecule has 0 spiro atoms. The van der Waals surface area contributed by atoms with E-state index in [4.69, 9.17) is 16.3 Å². The summed E-state index contributed by atoms with van der Waals surface area (Å²) in [6.07, 6.45) is 7.92. The lowest BCUT2D eigenvalue weighted by molar-refractivity contribution is 0.0565. The highest BCUT2D eigenvalue weighted by Crippen LogP contribution is 2.38. The van der Waals surface area contributed by atoms with E-state index in [2.05, 4.69) is 14.9 Å². The van der Waals surface area contributed by atoms with Gasteiger partial charge in [0.1, 0.15) is 5.02 Å². The van der Waals surface area contributed by atoms with Crippen molar-refractivity contribution in [2.45, 2.75) is 50.7 Å². The predicted molar refractivity (Wildman–Crippen MR) is 81.9 cm³/mol. The number of aliphatic hydroxyl groups excluding tert-OH is 1. The molecular formula is C15H22ClN3O2. The number of aliphatic hydroxyl groups is 1. The van der Waals surface area contributed by atoms with Crippen molar-refractivity contribution in [3.05, 3.63) is 11.2 Å². The molecule has 1 saturated heterocycles. The van der Waals surface area contributed by atoms with E-state index >= 15 is 0 Å². The molecule has 0 amide bonds. The molecule has 2 heterocycles. The maximum Gasteiger partial charge on any atom is 0.318 e. The molecule has 1 saturated carbocycles. The highest BCUT2D eigenvalue weighted by Gasteiger charge is 2.38. The largest absolute Gasteiger partial charge is 0.467 e. The molecule has 1 aliphatic heterocycles. The van der Waals surface area contributed by atoms with Gasteiger partial charge in [-0.1, -0.05) is 24.4 Å². The Bertz CT molecular complexity index is 500. The van der Waals surface area contributed by atoms with Crippen LogP contribution in [0.2, 0.25) is 5.02 Å². The zero-order valence-electron chi connectivity index (χ0n) is 12.3. The van der Waals surface area contributed by atoms with Crippen molar-refractivity contribution in [1.29, 1.82) is 0 Å². The number of hydrogen-bond acceptors (Lipinski definition) is 5. The fourth-order valence-corrected chi connectivity index (χ4v) is 3.93. The van der Waals surface area contributed by atoms with Crippen molar-refractivity contribution >= 4 is 17.4 Å². The molecule has 6 heteroatoms. The lowest BCUT2D eigenvalue weighted by Gasteiger charge is -2.37. The molecule has 3 atom stereocenters. The number of anilines is 1. The first-order valence-corrected chi connectivity index (χ1v) is 8.09. The summed E-state index contributed by atoms with van der Waals surface area (Å²) in [5.41, 5.74) is 0. The van der Waals surface area contributed by atoms with Gasteiger partial charge in [-0.15, -0.1) is 0 Å². The van der Waals surface area contributed by atoms with Crippen molar-refractivity contribution in [1.82, 2.24) is 9.97 Å². The number of methoxy groups -OCH3 is 1. The molecule has 116 valence electrons. The van der Waals surface area contributed by atoms with E-state index in [1.807, 2.05) is 0 Å². The van der Waals surface area contributed by atoms with Gasteiger partial charge < -0.3 is 14.7 Å². The average molecular weight is 312 g/mol. The van der Waals surface area contributed by atoms with Crippen LogP contribution in [0.4, 0.5) is 5.82 Å². The Morgan fingerprint density at radius 2 is 2.10 bits per heavy atom. The smallest absolute Gasteiger partial charge is 0.318 e. The molecule has 0 aromatic carbocycles. The zero-order chi connectivity index (χ0) is 14.8. The standard InChI is InChI=1S/C15H22ClN3O2/c1-21-15-17-9-11(16)14(18-15)19-8-4-6-12(19)10-5-2-3-7-13(10)20/h9-10,12-13,20H,2-8H2,1H3/t10-,12+,13-/m0/s1. The number of halogens is 1. The Morgan fingerprint density at radius 1 is 1.29 bits per heavy atom. The van der Waals surface area contributed by atoms with Crippen LogP contribution in [0.5, 0.6) is 6.01 Å². The minimum atomic E-state index is -0.202. The SMILES string of the molecule is COc1ncc(Cl)c(N2CCC[C@@H]2[C@@H]2CCCC[C@@H]2O)n1. The minimum absolute atomic E-state index is 0.202. The molecule has 2 fully saturated rings. The molecule has 21 heavy (non-hydrogen) atoms. The summed E-state index contributed by atoms with van der Waals surface area (Å²) < 4.78 is 5.11. The van der Waals surface area contributed by atoms with Gasteiger partial charge in [-0.05, 0) is 25.7 Å². The summed E-state index contributed by atoms with van der Waals surface area (Å²) in [5.74, 6) is 1.06. The first-order chi connectivity index (χ1) is 10.2. The molecule has 1 N–H and O–H groups in total. The first-order valence-electron chi connectivity index (χ1n) is 7.72. The second-order valence-corrected chi connectivity index (χ2v) is 6.35. The Kier molecular flexibility index (Phi) is 4.50. The third-order valence-corrected chi connectivity index (χ3v) is 5.00. The van der Waals surface area contributed by atoms with E-state index in [-0.39, 0.29) is 6.10 Å². The van der Waals surface area contributed by atoms with Gasteiger partial charge in [-0.25, -0.2) is 4.98 Å². The molecule has 0 radical (unpaired) electrons. The van der Waals surface area contributed by atoms with Gasteiger partial charge in [-0.3, -0.25) is 0 Å². The van der Waals surface area contributed by atoms with Gasteiger partial charge in [0.25, 0.3) is 0 Å². The molecule has 2 aliphatic rings. The summed E-state index contributed by atoms with van der Waals surface area (Å²) >= 11 is 6.29. The number of nitrogens with zero attached hydrogens (tertiary/aromatic N) is 3. The van der Waals surface area contributed by atoms with Crippen LogP contribution < -0.4 is 9.64 Å². The third kappa shape index (κ3) is 2.94. The van der Waals surface area contributed by atoms with Gasteiger partial charge in [0.2, 0.25) is 0 Å². The topological polar surface area (TPSA) is 58.5 Å². The lowest BCUT2D eigenvalue weighted by Crippen LogP contribution is -2.43. The second kappa shape index (κ2) is 6.36. The van der Waals surface area contributed by atoms with Crippen LogP contribution in [-0.4, -0.2) is 40.9 Å². The highest BCUT2D eigenvalue weighted by molar-refractivity contribution is 6.32. The quantitative estimate of drug-likeness (QED) is 0.930. The highest BCUT2D eigenvalue weighted by atomic mass is 35.5. The fourth-order valence-electron chi connectivity index (χ4n) is 3.73. The van der Waals surface area contributed by atoms with Crippen molar-refractivity contribution in [2.24, 2.45) is 5.92 Å². The molecule has 1 aromatic heterocycles. The monoisotopic (exact) mass is 311 g/mol. The molecule has 1 aromatic rings. The van der Waals surface area contributed by atoms with Crippen molar-refractivity contribution in [3.63, 3.8) is 0 Å². The van der Waals surface area contributed by atoms with Crippen LogP contribution >= 0.6 is 11.6 Å². The van der Waals surface area contributed by atoms with Crippen molar-refractivity contribution in [2.75, 3.05) is 18.6 Å². The van der Waals surface area contributed by atoms with Crippen LogP contribution in [0, 0.1) is 5.92 Å². The van der Waals surface area contributed by atoms with Gasteiger partial charge >= 0.3 is 6.01 Å². The molecule has 0 bridgehead atoms. The summed E-state index contributed by atoms with van der Waals surface area (Å²) in [5, 5.41) is 10.9. The Balaban J connectivity index is 1.86. The van der Waals surface area contributed by atoms with Crippen molar-refractivity contribution < 1.29 is 9.84 Å². The molecule has 3 rings (SSSR count). The van der Waals surface area contributed by atoms with Crippen LogP contribution in [-0.2, 0) is 0 Å². The van der Waals surface area contributed by atoms with Gasteiger partial charge in [0.15, 0.2) is 5.82 Å². The van der Waals surface area contributed by atoms with E-state index in [0.29, 0.717) is 23.0 Å². The normalized spacial score (nSPS) is 29.7. The summed E-state index contributed by atoms with van der Waals surface area (Å²) in [6, 6.07) is 0.654. The molecule has 0 unspecified atom stereocenters. The second-order valence-electron chi connectivity index (χ2n) is 5.95. The van der Waals surface area contributed by atoms with E-state index in [1.54, 1.807) is 13.3 Å². The van der Waals surface area contributed by atoms with Crippen LogP contribution in [0.25, 0.3) is 0 Å². The van der Waals surface area contributed by atoms with Crippen LogP contribution in [0.15, 0.2) is 6.20 Å². The zero-order valence-corrected chi connectivity index (χ0v) is 13.1. The first kappa shape index (κ1) is 14.9. The maximum absolute atomic E-state index is 10.3. The van der Waals surface area contributed by atoms with E-state index in [9.17, 15) is 5.11 Å². The van der Waals surface area contributed by atoms with E-state index in [0.717, 1.165) is 44.5 Å². The predicted octanol–water partition coefficient (Wildman–Crippen LogP) is 2.66. The number of ether oxygens (including phenoxy) is 1. The summed E-state index contributed by atoms with van der Waals surface area (Å²) in [6.45, 7) is 0.924. The van der Waals surface area contributed by atoms with Gasteiger partial charge in [-0.2, -0.15) is 4.98 Å². The third-order valence-electron chi connectivity index (χ3n) is 4.73. The minimum Gasteiger partial charge on any atom is -0.467 e. The van der Waals surface area contributed by atoms with Gasteiger partial charge in [0, 0.05) is 18.5 Å². The average Bonchev–Trinajstić information content (AvgIpc) is 2.97.